The number of fused-ring (bicyclic) bond motifs is 1. The molecule has 3 aromatic rings. The van der Waals surface area contributed by atoms with Crippen molar-refractivity contribution in [3.05, 3.63) is 66.2 Å². The highest BCUT2D eigenvalue weighted by Gasteiger charge is 2.13. The zero-order valence-corrected chi connectivity index (χ0v) is 12.8. The molecule has 0 aliphatic carbocycles. The average Bonchev–Trinajstić information content (AvgIpc) is 2.48. The molecule has 0 bridgehead atoms. The lowest BCUT2D eigenvalue weighted by molar-refractivity contribution is 0.484. The van der Waals surface area contributed by atoms with Gasteiger partial charge in [0.2, 0.25) is 0 Å². The summed E-state index contributed by atoms with van der Waals surface area (Å²) in [5.41, 5.74) is 2.99. The molecular formula is C17H15NO3S. The van der Waals surface area contributed by atoms with E-state index in [1.165, 1.54) is 11.6 Å². The van der Waals surface area contributed by atoms with Gasteiger partial charge >= 0.3 is 0 Å². The highest BCUT2D eigenvalue weighted by molar-refractivity contribution is 7.86. The first-order chi connectivity index (χ1) is 10.4. The maximum Gasteiger partial charge on any atom is 0.295 e. The van der Waals surface area contributed by atoms with Gasteiger partial charge in [-0.3, -0.25) is 4.55 Å². The number of hydrogen-bond acceptors (Lipinski definition) is 3. The minimum Gasteiger partial charge on any atom is -0.356 e. The van der Waals surface area contributed by atoms with E-state index in [9.17, 15) is 13.0 Å². The Balaban J connectivity index is 2.02. The van der Waals surface area contributed by atoms with Crippen molar-refractivity contribution in [2.45, 2.75) is 11.8 Å². The third-order valence-electron chi connectivity index (χ3n) is 3.46. The van der Waals surface area contributed by atoms with Crippen LogP contribution in [-0.2, 0) is 10.1 Å². The largest absolute Gasteiger partial charge is 0.356 e. The smallest absolute Gasteiger partial charge is 0.295 e. The third-order valence-corrected chi connectivity index (χ3v) is 4.37. The first kappa shape index (κ1) is 14.6. The minimum atomic E-state index is -4.23. The predicted octanol–water partition coefficient (Wildman–Crippen LogP) is 4.14. The lowest BCUT2D eigenvalue weighted by Gasteiger charge is -2.09. The highest BCUT2D eigenvalue weighted by Crippen LogP contribution is 2.27. The number of hydrogen-bond donors (Lipinski definition) is 2. The van der Waals surface area contributed by atoms with E-state index in [2.05, 4.69) is 5.32 Å². The van der Waals surface area contributed by atoms with Gasteiger partial charge in [-0.05, 0) is 42.6 Å². The molecule has 0 aliphatic rings. The van der Waals surface area contributed by atoms with Crippen LogP contribution in [0.4, 0.5) is 11.4 Å². The van der Waals surface area contributed by atoms with Crippen LogP contribution in [0.1, 0.15) is 5.56 Å². The second-order valence-electron chi connectivity index (χ2n) is 5.16. The molecule has 0 aromatic heterocycles. The lowest BCUT2D eigenvalue weighted by Crippen LogP contribution is -1.99. The fraction of sp³-hybridized carbons (Fsp3) is 0.0588. The summed E-state index contributed by atoms with van der Waals surface area (Å²) in [6.07, 6.45) is 0. The van der Waals surface area contributed by atoms with Crippen molar-refractivity contribution in [3.8, 4) is 0 Å². The maximum atomic E-state index is 11.4. The van der Waals surface area contributed by atoms with E-state index in [4.69, 9.17) is 0 Å². The molecule has 0 heterocycles. The first-order valence-corrected chi connectivity index (χ1v) is 8.21. The van der Waals surface area contributed by atoms with Gasteiger partial charge in [0.05, 0.1) is 0 Å². The lowest BCUT2D eigenvalue weighted by atomic mass is 10.1. The number of anilines is 2. The Bertz CT molecular complexity index is 932. The van der Waals surface area contributed by atoms with Gasteiger partial charge in [0.1, 0.15) is 4.90 Å². The van der Waals surface area contributed by atoms with Crippen LogP contribution < -0.4 is 5.32 Å². The van der Waals surface area contributed by atoms with Gasteiger partial charge in [0.25, 0.3) is 10.1 Å². The van der Waals surface area contributed by atoms with Gasteiger partial charge in [0, 0.05) is 16.8 Å². The fourth-order valence-corrected chi connectivity index (χ4v) is 3.07. The molecule has 5 heteroatoms. The minimum absolute atomic E-state index is 0.0770. The second kappa shape index (κ2) is 5.44. The monoisotopic (exact) mass is 313 g/mol. The van der Waals surface area contributed by atoms with Gasteiger partial charge in [-0.25, -0.2) is 0 Å². The van der Waals surface area contributed by atoms with E-state index >= 15 is 0 Å². The molecule has 0 saturated heterocycles. The molecule has 3 rings (SSSR count). The quantitative estimate of drug-likeness (QED) is 0.713. The van der Waals surface area contributed by atoms with Crippen LogP contribution in [0, 0.1) is 6.92 Å². The predicted molar refractivity (Wildman–Crippen MR) is 88.2 cm³/mol. The molecule has 0 atom stereocenters. The zero-order valence-electron chi connectivity index (χ0n) is 11.9. The highest BCUT2D eigenvalue weighted by atomic mass is 32.2. The Morgan fingerprint density at radius 1 is 0.909 bits per heavy atom. The van der Waals surface area contributed by atoms with Crippen molar-refractivity contribution in [1.29, 1.82) is 0 Å². The molecule has 2 N–H and O–H groups in total. The van der Waals surface area contributed by atoms with E-state index in [1.807, 2.05) is 43.3 Å². The molecule has 0 saturated carbocycles. The van der Waals surface area contributed by atoms with Crippen LogP contribution in [0.5, 0.6) is 0 Å². The summed E-state index contributed by atoms with van der Waals surface area (Å²) >= 11 is 0. The maximum absolute atomic E-state index is 11.4. The summed E-state index contributed by atoms with van der Waals surface area (Å²) < 4.78 is 32.1. The molecule has 0 amide bonds. The Kier molecular flexibility index (Phi) is 3.60. The molecule has 3 aromatic carbocycles. The van der Waals surface area contributed by atoms with Crippen molar-refractivity contribution in [2.75, 3.05) is 5.32 Å². The van der Waals surface area contributed by atoms with Gasteiger partial charge in [-0.15, -0.1) is 0 Å². The van der Waals surface area contributed by atoms with Crippen molar-refractivity contribution in [1.82, 2.24) is 0 Å². The summed E-state index contributed by atoms with van der Waals surface area (Å²) in [7, 11) is -4.23. The van der Waals surface area contributed by atoms with Crippen LogP contribution in [0.15, 0.2) is 65.6 Å². The van der Waals surface area contributed by atoms with Gasteiger partial charge < -0.3 is 5.32 Å². The molecule has 0 unspecified atom stereocenters. The number of benzene rings is 3. The normalized spacial score (nSPS) is 11.5. The Morgan fingerprint density at radius 3 is 2.27 bits per heavy atom. The fourth-order valence-electron chi connectivity index (χ4n) is 2.36. The van der Waals surface area contributed by atoms with Gasteiger partial charge in [-0.2, -0.15) is 8.42 Å². The summed E-state index contributed by atoms with van der Waals surface area (Å²) in [6.45, 7) is 2.02. The number of rotatable bonds is 3. The van der Waals surface area contributed by atoms with Gasteiger partial charge in [-0.1, -0.05) is 35.9 Å². The van der Waals surface area contributed by atoms with Crippen LogP contribution in [0.2, 0.25) is 0 Å². The second-order valence-corrected chi connectivity index (χ2v) is 6.55. The molecule has 0 radical (unpaired) electrons. The van der Waals surface area contributed by atoms with E-state index < -0.39 is 10.1 Å². The average molecular weight is 313 g/mol. The van der Waals surface area contributed by atoms with Gasteiger partial charge in [0.15, 0.2) is 0 Å². The Labute approximate surface area is 129 Å². The zero-order chi connectivity index (χ0) is 15.7. The van der Waals surface area contributed by atoms with Crippen LogP contribution in [-0.4, -0.2) is 13.0 Å². The summed E-state index contributed by atoms with van der Waals surface area (Å²) in [6, 6.07) is 18.1. The van der Waals surface area contributed by atoms with E-state index in [1.54, 1.807) is 18.2 Å². The van der Waals surface area contributed by atoms with Crippen molar-refractivity contribution >= 4 is 32.3 Å². The summed E-state index contributed by atoms with van der Waals surface area (Å²) in [4.78, 5) is -0.0770. The molecule has 22 heavy (non-hydrogen) atoms. The standard InChI is InChI=1S/C17H15NO3S/c1-12-5-7-14(8-6-12)18-15-9-10-16-13(11-15)3-2-4-17(16)22(19,20)21/h2-11,18H,1H3,(H,19,20,21). The van der Waals surface area contributed by atoms with Crippen LogP contribution in [0.25, 0.3) is 10.8 Å². The summed E-state index contributed by atoms with van der Waals surface area (Å²) in [5, 5.41) is 4.51. The van der Waals surface area contributed by atoms with Crippen molar-refractivity contribution in [2.24, 2.45) is 0 Å². The molecule has 0 fully saturated rings. The topological polar surface area (TPSA) is 66.4 Å². The van der Waals surface area contributed by atoms with E-state index in [0.717, 1.165) is 16.8 Å². The Morgan fingerprint density at radius 2 is 1.59 bits per heavy atom. The molecule has 0 spiro atoms. The Hall–Kier alpha value is -2.37. The van der Waals surface area contributed by atoms with E-state index in [0.29, 0.717) is 5.39 Å². The molecule has 112 valence electrons. The number of aryl methyl sites for hydroxylation is 1. The van der Waals surface area contributed by atoms with Crippen molar-refractivity contribution < 1.29 is 13.0 Å². The van der Waals surface area contributed by atoms with Crippen LogP contribution >= 0.6 is 0 Å². The SMILES string of the molecule is Cc1ccc(Nc2ccc3c(S(=O)(=O)O)cccc3c2)cc1. The van der Waals surface area contributed by atoms with Crippen LogP contribution in [0.3, 0.4) is 0 Å². The molecule has 4 nitrogen and oxygen atoms in total. The van der Waals surface area contributed by atoms with E-state index in [-0.39, 0.29) is 4.90 Å². The third kappa shape index (κ3) is 2.95. The first-order valence-electron chi connectivity index (χ1n) is 6.77. The number of nitrogens with one attached hydrogen (secondary N) is 1. The molecular weight excluding hydrogens is 298 g/mol. The molecule has 0 aliphatic heterocycles. The summed E-state index contributed by atoms with van der Waals surface area (Å²) in [5.74, 6) is 0. The van der Waals surface area contributed by atoms with Crippen molar-refractivity contribution in [3.63, 3.8) is 0 Å².